The monoisotopic (exact) mass is 445 g/mol. The molecule has 0 radical (unpaired) electrons. The molecule has 3 heterocycles. The summed E-state index contributed by atoms with van der Waals surface area (Å²) >= 11 is 5.76. The van der Waals surface area contributed by atoms with Gasteiger partial charge in [-0.1, -0.05) is 24.1 Å². The van der Waals surface area contributed by atoms with Crippen LogP contribution in [0.15, 0.2) is 30.3 Å². The number of rotatable bonds is 6. The van der Waals surface area contributed by atoms with E-state index in [0.717, 1.165) is 31.5 Å². The summed E-state index contributed by atoms with van der Waals surface area (Å²) in [5, 5.41) is 16.1. The van der Waals surface area contributed by atoms with E-state index in [0.29, 0.717) is 28.5 Å². The average molecular weight is 446 g/mol. The Morgan fingerprint density at radius 1 is 1.32 bits per heavy atom. The van der Waals surface area contributed by atoms with E-state index in [-0.39, 0.29) is 29.6 Å². The van der Waals surface area contributed by atoms with Crippen LogP contribution >= 0.6 is 11.6 Å². The fraction of sp³-hybridized carbons (Fsp3) is 0.364. The molecule has 2 aromatic heterocycles. The van der Waals surface area contributed by atoms with Crippen molar-refractivity contribution in [2.45, 2.75) is 44.9 Å². The zero-order valence-electron chi connectivity index (χ0n) is 17.1. The second kappa shape index (κ2) is 9.21. The molecule has 2 unspecified atom stereocenters. The third-order valence-corrected chi connectivity index (χ3v) is 5.95. The Balaban J connectivity index is 1.57. The number of H-pyrrole nitrogens is 2. The lowest BCUT2D eigenvalue weighted by atomic mass is 9.97. The van der Waals surface area contributed by atoms with Gasteiger partial charge in [0.15, 0.2) is 0 Å². The van der Waals surface area contributed by atoms with Crippen molar-refractivity contribution in [3.05, 3.63) is 64.1 Å². The van der Waals surface area contributed by atoms with Gasteiger partial charge in [0, 0.05) is 23.0 Å². The molecule has 0 saturated carbocycles. The van der Waals surface area contributed by atoms with Crippen LogP contribution in [0.2, 0.25) is 5.02 Å². The van der Waals surface area contributed by atoms with E-state index in [1.54, 1.807) is 18.2 Å². The summed E-state index contributed by atoms with van der Waals surface area (Å²) in [5.74, 6) is -0.199. The summed E-state index contributed by atoms with van der Waals surface area (Å²) in [6.45, 7) is 2.55. The molecular weight excluding hydrogens is 421 g/mol. The van der Waals surface area contributed by atoms with Gasteiger partial charge in [-0.2, -0.15) is 0 Å². The van der Waals surface area contributed by atoms with Crippen molar-refractivity contribution in [1.82, 2.24) is 25.6 Å². The Kier molecular flexibility index (Phi) is 6.41. The molecule has 5 N–H and O–H groups in total. The maximum absolute atomic E-state index is 13.8. The highest BCUT2D eigenvalue weighted by Gasteiger charge is 2.30. The molecule has 0 spiro atoms. The van der Waals surface area contributed by atoms with Gasteiger partial charge in [0.2, 0.25) is 0 Å². The van der Waals surface area contributed by atoms with Gasteiger partial charge in [0.25, 0.3) is 5.91 Å². The minimum absolute atomic E-state index is 0.0228. The van der Waals surface area contributed by atoms with Crippen molar-refractivity contribution >= 4 is 17.5 Å². The van der Waals surface area contributed by atoms with E-state index in [1.807, 2.05) is 6.92 Å². The Morgan fingerprint density at radius 2 is 2.16 bits per heavy atom. The molecule has 1 aliphatic rings. The first-order valence-electron chi connectivity index (χ1n) is 10.3. The third-order valence-electron chi connectivity index (χ3n) is 5.65. The van der Waals surface area contributed by atoms with E-state index in [4.69, 9.17) is 11.6 Å². The number of piperidine rings is 1. The lowest BCUT2D eigenvalue weighted by Gasteiger charge is -2.30. The van der Waals surface area contributed by atoms with Crippen LogP contribution in [0.4, 0.5) is 4.39 Å². The number of carbonyl (C=O) groups excluding carboxylic acids is 1. The molecule has 1 fully saturated rings. The van der Waals surface area contributed by atoms with Gasteiger partial charge in [-0.05, 0) is 50.6 Å². The Hall–Kier alpha value is -2.68. The van der Waals surface area contributed by atoms with Crippen LogP contribution < -0.4 is 10.6 Å². The molecule has 0 aliphatic carbocycles. The minimum Gasteiger partial charge on any atom is -0.390 e. The second-order valence-corrected chi connectivity index (χ2v) is 8.18. The number of aliphatic hydroxyl groups excluding tert-OH is 1. The zero-order chi connectivity index (χ0) is 22.0. The van der Waals surface area contributed by atoms with Crippen LogP contribution in [0, 0.1) is 12.7 Å². The SMILES string of the molecule is Cc1[nH]c(C(NC(=O)c2ccc(-c3ccc(Cl)c(F)c3)[nH]2)C2CCCCN2)nc1CO. The molecule has 31 heavy (non-hydrogen) atoms. The Morgan fingerprint density at radius 3 is 2.84 bits per heavy atom. The molecule has 164 valence electrons. The molecule has 1 aliphatic heterocycles. The molecule has 1 amide bonds. The van der Waals surface area contributed by atoms with Crippen molar-refractivity contribution in [1.29, 1.82) is 0 Å². The quantitative estimate of drug-likeness (QED) is 0.399. The molecule has 1 saturated heterocycles. The van der Waals surface area contributed by atoms with Gasteiger partial charge in [-0.25, -0.2) is 9.37 Å². The maximum Gasteiger partial charge on any atom is 0.268 e. The van der Waals surface area contributed by atoms with Gasteiger partial charge in [-0.3, -0.25) is 4.79 Å². The predicted molar refractivity (Wildman–Crippen MR) is 116 cm³/mol. The van der Waals surface area contributed by atoms with Gasteiger partial charge in [-0.15, -0.1) is 0 Å². The lowest BCUT2D eigenvalue weighted by molar-refractivity contribution is 0.0916. The highest BCUT2D eigenvalue weighted by Crippen LogP contribution is 2.25. The first kappa shape index (κ1) is 21.5. The number of aliphatic hydroxyl groups is 1. The molecule has 2 atom stereocenters. The average Bonchev–Trinajstić information content (AvgIpc) is 3.41. The van der Waals surface area contributed by atoms with Crippen molar-refractivity contribution in [2.24, 2.45) is 0 Å². The van der Waals surface area contributed by atoms with Crippen LogP contribution in [-0.4, -0.2) is 38.6 Å². The summed E-state index contributed by atoms with van der Waals surface area (Å²) in [6.07, 6.45) is 3.05. The minimum atomic E-state index is -0.518. The lowest BCUT2D eigenvalue weighted by Crippen LogP contribution is -2.46. The van der Waals surface area contributed by atoms with E-state index >= 15 is 0 Å². The van der Waals surface area contributed by atoms with Crippen LogP contribution in [0.1, 0.15) is 53.0 Å². The van der Waals surface area contributed by atoms with Crippen molar-refractivity contribution < 1.29 is 14.3 Å². The number of nitrogens with zero attached hydrogens (tertiary/aromatic N) is 1. The smallest absolute Gasteiger partial charge is 0.268 e. The first-order chi connectivity index (χ1) is 15.0. The molecular formula is C22H25ClFN5O2. The number of imidazole rings is 1. The summed E-state index contributed by atoms with van der Waals surface area (Å²) in [4.78, 5) is 23.8. The van der Waals surface area contributed by atoms with E-state index in [9.17, 15) is 14.3 Å². The van der Waals surface area contributed by atoms with Crippen LogP contribution in [0.25, 0.3) is 11.3 Å². The number of aromatic amines is 2. The molecule has 9 heteroatoms. The second-order valence-electron chi connectivity index (χ2n) is 7.77. The molecule has 4 rings (SSSR count). The summed E-state index contributed by atoms with van der Waals surface area (Å²) < 4.78 is 13.8. The topological polar surface area (TPSA) is 106 Å². The number of aromatic nitrogens is 3. The number of aryl methyl sites for hydroxylation is 1. The summed E-state index contributed by atoms with van der Waals surface area (Å²) in [5.41, 5.74) is 2.92. The fourth-order valence-corrected chi connectivity index (χ4v) is 4.04. The molecule has 7 nitrogen and oxygen atoms in total. The highest BCUT2D eigenvalue weighted by molar-refractivity contribution is 6.30. The third kappa shape index (κ3) is 4.66. The Labute approximate surface area is 184 Å². The zero-order valence-corrected chi connectivity index (χ0v) is 17.9. The highest BCUT2D eigenvalue weighted by atomic mass is 35.5. The number of hydrogen-bond acceptors (Lipinski definition) is 4. The standard InChI is InChI=1S/C22H25ClFN5O2/c1-12-19(11-30)28-21(26-12)20(17-4-2-3-9-25-17)29-22(31)18-8-7-16(27-18)13-5-6-14(23)15(24)10-13/h5-8,10,17,20,25,27,30H,2-4,9,11H2,1H3,(H,26,28)(H,29,31). The van der Waals surface area contributed by atoms with Crippen LogP contribution in [0.5, 0.6) is 0 Å². The maximum atomic E-state index is 13.8. The fourth-order valence-electron chi connectivity index (χ4n) is 3.92. The number of hydrogen-bond donors (Lipinski definition) is 5. The van der Waals surface area contributed by atoms with E-state index in [1.165, 1.54) is 12.1 Å². The molecule has 1 aromatic carbocycles. The van der Waals surface area contributed by atoms with Gasteiger partial charge >= 0.3 is 0 Å². The number of nitrogens with one attached hydrogen (secondary N) is 4. The van der Waals surface area contributed by atoms with Gasteiger partial charge < -0.3 is 25.7 Å². The molecule has 0 bridgehead atoms. The first-order valence-corrected chi connectivity index (χ1v) is 10.7. The van der Waals surface area contributed by atoms with Crippen molar-refractivity contribution in [3.63, 3.8) is 0 Å². The number of amides is 1. The van der Waals surface area contributed by atoms with Gasteiger partial charge in [0.05, 0.1) is 17.3 Å². The van der Waals surface area contributed by atoms with Crippen molar-refractivity contribution in [2.75, 3.05) is 6.54 Å². The summed E-state index contributed by atoms with van der Waals surface area (Å²) in [6, 6.07) is 7.53. The normalized spacial score (nSPS) is 17.5. The molecule has 3 aromatic rings. The van der Waals surface area contributed by atoms with E-state index < -0.39 is 5.82 Å². The predicted octanol–water partition coefficient (Wildman–Crippen LogP) is 3.61. The number of carbonyl (C=O) groups is 1. The number of halogens is 2. The largest absolute Gasteiger partial charge is 0.390 e. The van der Waals surface area contributed by atoms with Crippen LogP contribution in [-0.2, 0) is 6.61 Å². The van der Waals surface area contributed by atoms with Gasteiger partial charge in [0.1, 0.15) is 23.4 Å². The van der Waals surface area contributed by atoms with E-state index in [2.05, 4.69) is 25.6 Å². The van der Waals surface area contributed by atoms with Crippen LogP contribution in [0.3, 0.4) is 0 Å². The summed E-state index contributed by atoms with van der Waals surface area (Å²) in [7, 11) is 0. The Bertz CT molecular complexity index is 1070. The number of benzene rings is 1. The van der Waals surface area contributed by atoms with Crippen molar-refractivity contribution in [3.8, 4) is 11.3 Å².